The van der Waals surface area contributed by atoms with Crippen molar-refractivity contribution in [3.05, 3.63) is 24.0 Å². The van der Waals surface area contributed by atoms with Crippen molar-refractivity contribution in [1.82, 2.24) is 9.97 Å². The van der Waals surface area contributed by atoms with Crippen LogP contribution in [0.5, 0.6) is 5.75 Å². The Hall–Kier alpha value is -1.51. The Morgan fingerprint density at radius 1 is 1.33 bits per heavy atom. The largest absolute Gasteiger partial charge is 0.495 e. The normalized spacial score (nSPS) is 12.0. The van der Waals surface area contributed by atoms with Gasteiger partial charge in [-0.3, -0.25) is 0 Å². The average Bonchev–Trinajstić information content (AvgIpc) is 2.61. The molecule has 3 heteroatoms. The van der Waals surface area contributed by atoms with Gasteiger partial charge in [-0.15, -0.1) is 0 Å². The van der Waals surface area contributed by atoms with Gasteiger partial charge in [-0.05, 0) is 11.5 Å². The fraction of sp³-hybridized carbons (Fsp3) is 0.417. The number of methoxy groups -OCH3 is 1. The van der Waals surface area contributed by atoms with Crippen LogP contribution in [0.1, 0.15) is 26.3 Å². The lowest BCUT2D eigenvalue weighted by Crippen LogP contribution is -2.13. The Balaban J connectivity index is 2.80. The number of hydrogen-bond donors (Lipinski definition) is 1. The molecule has 0 aliphatic rings. The van der Waals surface area contributed by atoms with E-state index >= 15 is 0 Å². The van der Waals surface area contributed by atoms with Gasteiger partial charge in [-0.25, -0.2) is 4.98 Å². The van der Waals surface area contributed by atoms with Crippen LogP contribution in [-0.2, 0) is 5.41 Å². The van der Waals surface area contributed by atoms with E-state index in [4.69, 9.17) is 4.74 Å². The van der Waals surface area contributed by atoms with E-state index in [2.05, 4.69) is 30.7 Å². The van der Waals surface area contributed by atoms with Gasteiger partial charge in [0.15, 0.2) is 0 Å². The number of fused-ring (bicyclic) bond motifs is 1. The summed E-state index contributed by atoms with van der Waals surface area (Å²) in [5, 5.41) is 1.14. The van der Waals surface area contributed by atoms with E-state index in [1.54, 1.807) is 13.3 Å². The van der Waals surface area contributed by atoms with Crippen molar-refractivity contribution in [3.8, 4) is 5.75 Å². The average molecular weight is 204 g/mol. The molecule has 1 N–H and O–H groups in total. The van der Waals surface area contributed by atoms with Crippen molar-refractivity contribution in [2.24, 2.45) is 0 Å². The highest BCUT2D eigenvalue weighted by atomic mass is 16.5. The number of H-pyrrole nitrogens is 1. The predicted octanol–water partition coefficient (Wildman–Crippen LogP) is 2.87. The molecule has 0 amide bonds. The Morgan fingerprint density at radius 2 is 2.07 bits per heavy atom. The standard InChI is InChI=1S/C12H16N2O/c1-12(2,3)10-8-5-6-13-11(8)14-7-9(10)15-4/h5-7H,1-4H3,(H,13,14). The second-order valence-corrected chi connectivity index (χ2v) is 4.69. The molecule has 0 aliphatic heterocycles. The van der Waals surface area contributed by atoms with E-state index in [1.807, 2.05) is 12.3 Å². The maximum atomic E-state index is 5.37. The van der Waals surface area contributed by atoms with Gasteiger partial charge in [0.05, 0.1) is 13.3 Å². The van der Waals surface area contributed by atoms with Crippen LogP contribution in [0.3, 0.4) is 0 Å². The highest BCUT2D eigenvalue weighted by molar-refractivity contribution is 5.82. The molecule has 0 saturated heterocycles. The monoisotopic (exact) mass is 204 g/mol. The molecule has 0 atom stereocenters. The maximum Gasteiger partial charge on any atom is 0.141 e. The second-order valence-electron chi connectivity index (χ2n) is 4.69. The molecule has 0 spiro atoms. The lowest BCUT2D eigenvalue weighted by atomic mass is 9.85. The molecule has 3 nitrogen and oxygen atoms in total. The Bertz CT molecular complexity index is 480. The summed E-state index contributed by atoms with van der Waals surface area (Å²) < 4.78 is 5.37. The summed E-state index contributed by atoms with van der Waals surface area (Å²) >= 11 is 0. The fourth-order valence-electron chi connectivity index (χ4n) is 1.92. The van der Waals surface area contributed by atoms with Gasteiger partial charge in [-0.2, -0.15) is 0 Å². The molecule has 0 fully saturated rings. The summed E-state index contributed by atoms with van der Waals surface area (Å²) in [5.41, 5.74) is 2.17. The zero-order valence-electron chi connectivity index (χ0n) is 9.59. The van der Waals surface area contributed by atoms with Gasteiger partial charge < -0.3 is 9.72 Å². The number of aromatic amines is 1. The minimum absolute atomic E-state index is 0.0503. The van der Waals surface area contributed by atoms with Crippen molar-refractivity contribution < 1.29 is 4.74 Å². The highest BCUT2D eigenvalue weighted by Crippen LogP contribution is 2.35. The Labute approximate surface area is 89.5 Å². The van der Waals surface area contributed by atoms with E-state index in [0.717, 1.165) is 16.8 Å². The molecule has 2 aromatic rings. The third kappa shape index (κ3) is 1.58. The quantitative estimate of drug-likeness (QED) is 0.775. The first-order valence-electron chi connectivity index (χ1n) is 5.04. The predicted molar refractivity (Wildman–Crippen MR) is 61.3 cm³/mol. The number of pyridine rings is 1. The molecule has 80 valence electrons. The minimum atomic E-state index is 0.0503. The van der Waals surface area contributed by atoms with Gasteiger partial charge in [0.25, 0.3) is 0 Å². The molecular formula is C12H16N2O. The first-order valence-corrected chi connectivity index (χ1v) is 5.04. The second kappa shape index (κ2) is 3.26. The van der Waals surface area contributed by atoms with Gasteiger partial charge in [0.2, 0.25) is 0 Å². The molecular weight excluding hydrogens is 188 g/mol. The summed E-state index contributed by atoms with van der Waals surface area (Å²) in [7, 11) is 1.69. The lowest BCUT2D eigenvalue weighted by molar-refractivity contribution is 0.397. The molecule has 0 aliphatic carbocycles. The number of nitrogens with one attached hydrogen (secondary N) is 1. The topological polar surface area (TPSA) is 37.9 Å². The molecule has 2 aromatic heterocycles. The number of rotatable bonds is 1. The highest BCUT2D eigenvalue weighted by Gasteiger charge is 2.22. The van der Waals surface area contributed by atoms with E-state index in [0.29, 0.717) is 0 Å². The summed E-state index contributed by atoms with van der Waals surface area (Å²) in [4.78, 5) is 7.42. The molecule has 2 rings (SSSR count). The first kappa shape index (κ1) is 10.0. The molecule has 0 bridgehead atoms. The van der Waals surface area contributed by atoms with Gasteiger partial charge in [0.1, 0.15) is 11.4 Å². The van der Waals surface area contributed by atoms with E-state index < -0.39 is 0 Å². The van der Waals surface area contributed by atoms with E-state index in [-0.39, 0.29) is 5.41 Å². The molecule has 2 heterocycles. The van der Waals surface area contributed by atoms with Gasteiger partial charge in [-0.1, -0.05) is 20.8 Å². The molecule has 0 unspecified atom stereocenters. The SMILES string of the molecule is COc1cnc2[nH]ccc2c1C(C)(C)C. The van der Waals surface area contributed by atoms with Crippen LogP contribution in [0, 0.1) is 0 Å². The van der Waals surface area contributed by atoms with Crippen molar-refractivity contribution in [2.75, 3.05) is 7.11 Å². The lowest BCUT2D eigenvalue weighted by Gasteiger charge is -2.22. The zero-order valence-corrected chi connectivity index (χ0v) is 9.59. The minimum Gasteiger partial charge on any atom is -0.495 e. The van der Waals surface area contributed by atoms with E-state index in [9.17, 15) is 0 Å². The van der Waals surface area contributed by atoms with Crippen LogP contribution in [0.2, 0.25) is 0 Å². The summed E-state index contributed by atoms with van der Waals surface area (Å²) in [5.74, 6) is 0.856. The summed E-state index contributed by atoms with van der Waals surface area (Å²) in [6, 6.07) is 2.05. The molecule has 0 radical (unpaired) electrons. The van der Waals surface area contributed by atoms with Crippen LogP contribution in [0.15, 0.2) is 18.5 Å². The van der Waals surface area contributed by atoms with Crippen molar-refractivity contribution in [2.45, 2.75) is 26.2 Å². The molecule has 0 aromatic carbocycles. The first-order chi connectivity index (χ1) is 7.04. The van der Waals surface area contributed by atoms with Crippen LogP contribution < -0.4 is 4.74 Å². The van der Waals surface area contributed by atoms with Crippen LogP contribution in [0.25, 0.3) is 11.0 Å². The van der Waals surface area contributed by atoms with Crippen LogP contribution in [0.4, 0.5) is 0 Å². The number of ether oxygens (including phenoxy) is 1. The van der Waals surface area contributed by atoms with Gasteiger partial charge in [0, 0.05) is 17.1 Å². The van der Waals surface area contributed by atoms with Crippen LogP contribution in [-0.4, -0.2) is 17.1 Å². The third-order valence-corrected chi connectivity index (χ3v) is 2.52. The maximum absolute atomic E-state index is 5.37. The Morgan fingerprint density at radius 3 is 2.67 bits per heavy atom. The summed E-state index contributed by atoms with van der Waals surface area (Å²) in [6.45, 7) is 6.53. The number of hydrogen-bond acceptors (Lipinski definition) is 2. The van der Waals surface area contributed by atoms with Crippen molar-refractivity contribution in [1.29, 1.82) is 0 Å². The Kier molecular flexibility index (Phi) is 2.18. The third-order valence-electron chi connectivity index (χ3n) is 2.52. The number of aromatic nitrogens is 2. The fourth-order valence-corrected chi connectivity index (χ4v) is 1.92. The van der Waals surface area contributed by atoms with E-state index in [1.165, 1.54) is 5.56 Å². The number of nitrogens with zero attached hydrogens (tertiary/aromatic N) is 1. The molecule has 0 saturated carbocycles. The summed E-state index contributed by atoms with van der Waals surface area (Å²) in [6.07, 6.45) is 3.69. The molecule has 15 heavy (non-hydrogen) atoms. The van der Waals surface area contributed by atoms with Crippen molar-refractivity contribution in [3.63, 3.8) is 0 Å². The van der Waals surface area contributed by atoms with Crippen LogP contribution >= 0.6 is 0 Å². The van der Waals surface area contributed by atoms with Gasteiger partial charge >= 0.3 is 0 Å². The zero-order chi connectivity index (χ0) is 11.1. The smallest absolute Gasteiger partial charge is 0.141 e. The van der Waals surface area contributed by atoms with Crippen molar-refractivity contribution >= 4 is 11.0 Å².